The molecule has 0 spiro atoms. The highest BCUT2D eigenvalue weighted by Gasteiger charge is 2.42. The van der Waals surface area contributed by atoms with Crippen molar-refractivity contribution in [2.75, 3.05) is 32.2 Å². The van der Waals surface area contributed by atoms with Crippen molar-refractivity contribution < 1.29 is 14.6 Å². The number of carbonyl (C=O) groups excluding carboxylic acids is 1. The van der Waals surface area contributed by atoms with Crippen LogP contribution in [0.3, 0.4) is 0 Å². The van der Waals surface area contributed by atoms with Gasteiger partial charge in [-0.15, -0.1) is 0 Å². The normalized spacial score (nSPS) is 15.6. The molecule has 1 aromatic heterocycles. The lowest BCUT2D eigenvalue weighted by Gasteiger charge is -2.13. The SMILES string of the molecule is COCCn1ccc2ccc(NC(=O)NCC3(CO)CC3)cc21. The number of aliphatic hydroxyl groups excluding tert-OH is 1. The third kappa shape index (κ3) is 3.65. The van der Waals surface area contributed by atoms with Crippen LogP contribution in [0.15, 0.2) is 30.5 Å². The fraction of sp³-hybridized carbons (Fsp3) is 0.471. The number of ether oxygens (including phenoxy) is 1. The Bertz CT molecular complexity index is 691. The molecule has 1 aromatic carbocycles. The monoisotopic (exact) mass is 317 g/mol. The second-order valence-electron chi connectivity index (χ2n) is 6.24. The fourth-order valence-electron chi connectivity index (χ4n) is 2.66. The van der Waals surface area contributed by atoms with Crippen LogP contribution in [-0.2, 0) is 11.3 Å². The standard InChI is InChI=1S/C17H23N3O3/c1-23-9-8-20-7-4-13-2-3-14(10-15(13)20)19-16(22)18-11-17(12-21)5-6-17/h2-4,7,10,21H,5-6,8-9,11-12H2,1H3,(H2,18,19,22). The summed E-state index contributed by atoms with van der Waals surface area (Å²) in [4.78, 5) is 12.0. The number of hydrogen-bond donors (Lipinski definition) is 3. The zero-order valence-electron chi connectivity index (χ0n) is 13.3. The van der Waals surface area contributed by atoms with E-state index in [2.05, 4.69) is 15.2 Å². The molecule has 2 aromatic rings. The molecule has 2 amide bonds. The van der Waals surface area contributed by atoms with Gasteiger partial charge in [0.1, 0.15) is 0 Å². The van der Waals surface area contributed by atoms with Gasteiger partial charge in [-0.25, -0.2) is 4.79 Å². The van der Waals surface area contributed by atoms with Gasteiger partial charge in [0.2, 0.25) is 0 Å². The van der Waals surface area contributed by atoms with Gasteiger partial charge in [-0.2, -0.15) is 0 Å². The maximum Gasteiger partial charge on any atom is 0.319 e. The van der Waals surface area contributed by atoms with E-state index in [1.54, 1.807) is 7.11 Å². The number of nitrogens with zero attached hydrogens (tertiary/aromatic N) is 1. The minimum atomic E-state index is -0.237. The number of benzene rings is 1. The van der Waals surface area contributed by atoms with Crippen molar-refractivity contribution in [2.45, 2.75) is 19.4 Å². The van der Waals surface area contributed by atoms with Crippen LogP contribution in [0.2, 0.25) is 0 Å². The summed E-state index contributed by atoms with van der Waals surface area (Å²) in [5, 5.41) is 16.1. The molecule has 0 saturated heterocycles. The van der Waals surface area contributed by atoms with E-state index in [1.807, 2.05) is 30.5 Å². The van der Waals surface area contributed by atoms with Crippen molar-refractivity contribution in [1.82, 2.24) is 9.88 Å². The Labute approximate surface area is 135 Å². The summed E-state index contributed by atoms with van der Waals surface area (Å²) < 4.78 is 7.22. The van der Waals surface area contributed by atoms with E-state index in [9.17, 15) is 9.90 Å². The average molecular weight is 317 g/mol. The fourth-order valence-corrected chi connectivity index (χ4v) is 2.66. The molecule has 1 saturated carbocycles. The lowest BCUT2D eigenvalue weighted by Crippen LogP contribution is -2.35. The highest BCUT2D eigenvalue weighted by molar-refractivity contribution is 5.92. The van der Waals surface area contributed by atoms with Crippen LogP contribution in [0.1, 0.15) is 12.8 Å². The van der Waals surface area contributed by atoms with Crippen molar-refractivity contribution >= 4 is 22.6 Å². The number of fused-ring (bicyclic) bond motifs is 1. The molecule has 1 fully saturated rings. The van der Waals surface area contributed by atoms with Crippen molar-refractivity contribution in [2.24, 2.45) is 5.41 Å². The van der Waals surface area contributed by atoms with E-state index in [0.717, 1.165) is 36.0 Å². The average Bonchev–Trinajstić information content (AvgIpc) is 3.25. The predicted octanol–water partition coefficient (Wildman–Crippen LogP) is 2.18. The molecule has 0 unspecified atom stereocenters. The van der Waals surface area contributed by atoms with Crippen LogP contribution in [0, 0.1) is 5.41 Å². The number of urea groups is 1. The van der Waals surface area contributed by atoms with Gasteiger partial charge in [-0.3, -0.25) is 0 Å². The molecule has 0 atom stereocenters. The molecule has 0 aliphatic heterocycles. The van der Waals surface area contributed by atoms with Gasteiger partial charge in [0.05, 0.1) is 18.7 Å². The van der Waals surface area contributed by atoms with E-state index >= 15 is 0 Å². The quantitative estimate of drug-likeness (QED) is 0.732. The molecule has 6 nitrogen and oxygen atoms in total. The third-order valence-corrected chi connectivity index (χ3v) is 4.48. The number of rotatable bonds is 7. The topological polar surface area (TPSA) is 75.5 Å². The highest BCUT2D eigenvalue weighted by atomic mass is 16.5. The Balaban J connectivity index is 1.64. The number of methoxy groups -OCH3 is 1. The van der Waals surface area contributed by atoms with E-state index in [1.165, 1.54) is 0 Å². The summed E-state index contributed by atoms with van der Waals surface area (Å²) in [6.07, 6.45) is 3.97. The molecular weight excluding hydrogens is 294 g/mol. The highest BCUT2D eigenvalue weighted by Crippen LogP contribution is 2.44. The predicted molar refractivity (Wildman–Crippen MR) is 89.6 cm³/mol. The van der Waals surface area contributed by atoms with Crippen LogP contribution in [0.5, 0.6) is 0 Å². The van der Waals surface area contributed by atoms with E-state index in [0.29, 0.717) is 13.2 Å². The van der Waals surface area contributed by atoms with E-state index in [-0.39, 0.29) is 18.1 Å². The Hall–Kier alpha value is -2.05. The summed E-state index contributed by atoms with van der Waals surface area (Å²) in [5.41, 5.74) is 1.73. The van der Waals surface area contributed by atoms with Crippen LogP contribution < -0.4 is 10.6 Å². The number of carbonyl (C=O) groups is 1. The van der Waals surface area contributed by atoms with Crippen molar-refractivity contribution in [1.29, 1.82) is 0 Å². The number of hydrogen-bond acceptors (Lipinski definition) is 3. The van der Waals surface area contributed by atoms with E-state index < -0.39 is 0 Å². The summed E-state index contributed by atoms with van der Waals surface area (Å²) in [6, 6.07) is 7.65. The van der Waals surface area contributed by atoms with Crippen molar-refractivity contribution in [3.05, 3.63) is 30.5 Å². The van der Waals surface area contributed by atoms with Gasteiger partial charge in [0, 0.05) is 37.5 Å². The van der Waals surface area contributed by atoms with Crippen LogP contribution in [0.4, 0.5) is 10.5 Å². The first kappa shape index (κ1) is 15.8. The Morgan fingerprint density at radius 2 is 2.22 bits per heavy atom. The van der Waals surface area contributed by atoms with Crippen LogP contribution >= 0.6 is 0 Å². The Morgan fingerprint density at radius 3 is 2.91 bits per heavy atom. The number of amides is 2. The van der Waals surface area contributed by atoms with Gasteiger partial charge >= 0.3 is 6.03 Å². The number of nitrogens with one attached hydrogen (secondary N) is 2. The van der Waals surface area contributed by atoms with Crippen LogP contribution in [-0.4, -0.2) is 42.6 Å². The second-order valence-corrected chi connectivity index (χ2v) is 6.24. The van der Waals surface area contributed by atoms with Crippen molar-refractivity contribution in [3.63, 3.8) is 0 Å². The molecule has 0 radical (unpaired) electrons. The van der Waals surface area contributed by atoms with Gasteiger partial charge in [0.25, 0.3) is 0 Å². The van der Waals surface area contributed by atoms with Crippen LogP contribution in [0.25, 0.3) is 10.9 Å². The minimum Gasteiger partial charge on any atom is -0.396 e. The molecule has 23 heavy (non-hydrogen) atoms. The molecule has 3 N–H and O–H groups in total. The van der Waals surface area contributed by atoms with Gasteiger partial charge in [-0.05, 0) is 36.4 Å². The summed E-state index contributed by atoms with van der Waals surface area (Å²) in [7, 11) is 1.68. The minimum absolute atomic E-state index is 0.0872. The smallest absolute Gasteiger partial charge is 0.319 e. The second kappa shape index (κ2) is 6.60. The number of anilines is 1. The zero-order chi connectivity index (χ0) is 16.3. The largest absolute Gasteiger partial charge is 0.396 e. The molecule has 3 rings (SSSR count). The molecule has 0 bridgehead atoms. The van der Waals surface area contributed by atoms with Gasteiger partial charge < -0.3 is 25.0 Å². The molecule has 124 valence electrons. The molecule has 1 aliphatic rings. The first-order chi connectivity index (χ1) is 11.2. The lowest BCUT2D eigenvalue weighted by atomic mass is 10.1. The lowest BCUT2D eigenvalue weighted by molar-refractivity contribution is 0.188. The molecule has 1 aliphatic carbocycles. The first-order valence-corrected chi connectivity index (χ1v) is 7.89. The third-order valence-electron chi connectivity index (χ3n) is 4.48. The Kier molecular flexibility index (Phi) is 4.54. The molecule has 6 heteroatoms. The zero-order valence-corrected chi connectivity index (χ0v) is 13.3. The number of aliphatic hydroxyl groups is 1. The Morgan fingerprint density at radius 1 is 1.39 bits per heavy atom. The van der Waals surface area contributed by atoms with Gasteiger partial charge in [0.15, 0.2) is 0 Å². The summed E-state index contributed by atoms with van der Waals surface area (Å²) in [5.74, 6) is 0. The summed E-state index contributed by atoms with van der Waals surface area (Å²) >= 11 is 0. The molecule has 1 heterocycles. The van der Waals surface area contributed by atoms with E-state index in [4.69, 9.17) is 4.74 Å². The maximum atomic E-state index is 12.0. The van der Waals surface area contributed by atoms with Crippen molar-refractivity contribution in [3.8, 4) is 0 Å². The summed E-state index contributed by atoms with van der Waals surface area (Å²) in [6.45, 7) is 2.06. The number of aromatic nitrogens is 1. The maximum absolute atomic E-state index is 12.0. The first-order valence-electron chi connectivity index (χ1n) is 7.89. The van der Waals surface area contributed by atoms with Gasteiger partial charge in [-0.1, -0.05) is 6.07 Å². The molecular formula is C17H23N3O3.